The minimum absolute atomic E-state index is 0.0673. The third-order valence-corrected chi connectivity index (χ3v) is 7.04. The van der Waals surface area contributed by atoms with Crippen molar-refractivity contribution in [1.82, 2.24) is 15.0 Å². The molecule has 27 heavy (non-hydrogen) atoms. The summed E-state index contributed by atoms with van der Waals surface area (Å²) in [5.41, 5.74) is 1.91. The molecule has 0 aliphatic heterocycles. The van der Waals surface area contributed by atoms with E-state index < -0.39 is 0 Å². The van der Waals surface area contributed by atoms with Gasteiger partial charge in [-0.1, -0.05) is 32.0 Å². The Kier molecular flexibility index (Phi) is 6.33. The summed E-state index contributed by atoms with van der Waals surface area (Å²) in [5, 5.41) is 6.49. The molecule has 0 saturated heterocycles. The first-order chi connectivity index (χ1) is 12.9. The standard InChI is InChI=1S/C18H22N4O2S3/c1-5-9(2)6-13-10(3)27-16-14(13)15(24)21-18(22-16)26-8-12-7-25-17(20-12)19-11(4)23/h7,9H,5-6,8H2,1-4H3,(H,19,20,23)(H,21,22,24). The topological polar surface area (TPSA) is 87.7 Å². The molecule has 2 N–H and O–H groups in total. The minimum atomic E-state index is -0.138. The lowest BCUT2D eigenvalue weighted by Crippen LogP contribution is -2.11. The SMILES string of the molecule is CCC(C)Cc1c(C)sc2nc(SCc3csc(NC(C)=O)n3)[nH]c(=O)c12. The maximum absolute atomic E-state index is 12.7. The number of thioether (sulfide) groups is 1. The molecule has 0 spiro atoms. The zero-order valence-electron chi connectivity index (χ0n) is 15.7. The molecule has 0 bridgehead atoms. The second kappa shape index (κ2) is 8.53. The fourth-order valence-corrected chi connectivity index (χ4v) is 5.41. The molecule has 0 saturated carbocycles. The van der Waals surface area contributed by atoms with E-state index in [0.717, 1.165) is 34.3 Å². The Labute approximate surface area is 169 Å². The van der Waals surface area contributed by atoms with Gasteiger partial charge in [0, 0.05) is 22.9 Å². The van der Waals surface area contributed by atoms with Crippen molar-refractivity contribution < 1.29 is 4.79 Å². The minimum Gasteiger partial charge on any atom is -0.302 e. The predicted octanol–water partition coefficient (Wildman–Crippen LogP) is 4.59. The fraction of sp³-hybridized carbons (Fsp3) is 0.444. The Morgan fingerprint density at radius 2 is 2.19 bits per heavy atom. The fourth-order valence-electron chi connectivity index (χ4n) is 2.69. The number of aromatic amines is 1. The second-order valence-electron chi connectivity index (χ2n) is 6.52. The van der Waals surface area contributed by atoms with E-state index in [0.29, 0.717) is 22.0 Å². The number of anilines is 1. The van der Waals surface area contributed by atoms with E-state index in [1.54, 1.807) is 11.3 Å². The summed E-state index contributed by atoms with van der Waals surface area (Å²) < 4.78 is 0. The molecule has 3 aromatic rings. The molecule has 9 heteroatoms. The van der Waals surface area contributed by atoms with E-state index in [1.165, 1.54) is 34.9 Å². The maximum Gasteiger partial charge on any atom is 0.260 e. The van der Waals surface area contributed by atoms with Crippen molar-refractivity contribution >= 4 is 55.7 Å². The second-order valence-corrected chi connectivity index (χ2v) is 9.54. The van der Waals surface area contributed by atoms with Gasteiger partial charge >= 0.3 is 0 Å². The largest absolute Gasteiger partial charge is 0.302 e. The van der Waals surface area contributed by atoms with Crippen molar-refractivity contribution in [2.45, 2.75) is 51.4 Å². The van der Waals surface area contributed by atoms with Crippen LogP contribution in [0.15, 0.2) is 15.3 Å². The Hall–Kier alpha value is -1.71. The van der Waals surface area contributed by atoms with Crippen LogP contribution in [-0.4, -0.2) is 20.9 Å². The number of aromatic nitrogens is 3. The Bertz CT molecular complexity index is 1020. The smallest absolute Gasteiger partial charge is 0.260 e. The number of amides is 1. The number of nitrogens with one attached hydrogen (secondary N) is 2. The lowest BCUT2D eigenvalue weighted by Gasteiger charge is -2.08. The molecule has 0 radical (unpaired) electrons. The van der Waals surface area contributed by atoms with E-state index >= 15 is 0 Å². The zero-order valence-corrected chi connectivity index (χ0v) is 18.2. The van der Waals surface area contributed by atoms with Crippen molar-refractivity contribution in [1.29, 1.82) is 0 Å². The van der Waals surface area contributed by atoms with Gasteiger partial charge in [0.15, 0.2) is 10.3 Å². The number of aryl methyl sites for hydroxylation is 1. The quantitative estimate of drug-likeness (QED) is 0.429. The van der Waals surface area contributed by atoms with Crippen molar-refractivity contribution in [3.63, 3.8) is 0 Å². The molecule has 3 aromatic heterocycles. The van der Waals surface area contributed by atoms with Crippen LogP contribution in [0.5, 0.6) is 0 Å². The Morgan fingerprint density at radius 3 is 2.89 bits per heavy atom. The number of carbonyl (C=O) groups excluding carboxylic acids is 1. The number of nitrogens with zero attached hydrogens (tertiary/aromatic N) is 2. The van der Waals surface area contributed by atoms with Crippen LogP contribution in [0.25, 0.3) is 10.2 Å². The van der Waals surface area contributed by atoms with Crippen LogP contribution in [0.2, 0.25) is 0 Å². The summed E-state index contributed by atoms with van der Waals surface area (Å²) in [6.07, 6.45) is 1.99. The van der Waals surface area contributed by atoms with Gasteiger partial charge in [0.1, 0.15) is 4.83 Å². The zero-order chi connectivity index (χ0) is 19.6. The summed E-state index contributed by atoms with van der Waals surface area (Å²) in [5.74, 6) is 0.980. The van der Waals surface area contributed by atoms with Crippen LogP contribution in [0.4, 0.5) is 5.13 Å². The highest BCUT2D eigenvalue weighted by molar-refractivity contribution is 7.98. The molecule has 144 valence electrons. The number of carbonyl (C=O) groups is 1. The van der Waals surface area contributed by atoms with E-state index in [2.05, 4.69) is 41.0 Å². The van der Waals surface area contributed by atoms with Gasteiger partial charge in [0.05, 0.1) is 11.1 Å². The summed E-state index contributed by atoms with van der Waals surface area (Å²) in [4.78, 5) is 37.7. The lowest BCUT2D eigenvalue weighted by atomic mass is 9.98. The highest BCUT2D eigenvalue weighted by Gasteiger charge is 2.17. The maximum atomic E-state index is 12.7. The first kappa shape index (κ1) is 20.0. The molecule has 6 nitrogen and oxygen atoms in total. The van der Waals surface area contributed by atoms with E-state index in [9.17, 15) is 9.59 Å². The van der Waals surface area contributed by atoms with Gasteiger partial charge in [-0.3, -0.25) is 9.59 Å². The molecule has 0 aliphatic carbocycles. The molecule has 0 aliphatic rings. The van der Waals surface area contributed by atoms with Crippen molar-refractivity contribution in [3.05, 3.63) is 31.9 Å². The van der Waals surface area contributed by atoms with Crippen LogP contribution in [-0.2, 0) is 17.0 Å². The molecular weight excluding hydrogens is 400 g/mol. The van der Waals surface area contributed by atoms with Gasteiger partial charge in [0.25, 0.3) is 5.56 Å². The first-order valence-electron chi connectivity index (χ1n) is 8.74. The number of H-pyrrole nitrogens is 1. The van der Waals surface area contributed by atoms with Crippen LogP contribution >= 0.6 is 34.4 Å². The van der Waals surface area contributed by atoms with Gasteiger partial charge in [-0.15, -0.1) is 22.7 Å². The number of rotatable bonds is 7. The molecular formula is C18H22N4O2S3. The van der Waals surface area contributed by atoms with Crippen molar-refractivity contribution in [3.8, 4) is 0 Å². The normalized spacial score (nSPS) is 12.4. The number of hydrogen-bond donors (Lipinski definition) is 2. The average molecular weight is 423 g/mol. The number of fused-ring (bicyclic) bond motifs is 1. The van der Waals surface area contributed by atoms with E-state index in [4.69, 9.17) is 0 Å². The van der Waals surface area contributed by atoms with Crippen LogP contribution in [0.1, 0.15) is 43.3 Å². The number of thiazole rings is 1. The average Bonchev–Trinajstić information content (AvgIpc) is 3.17. The third kappa shape index (κ3) is 4.77. The molecule has 1 unspecified atom stereocenters. The van der Waals surface area contributed by atoms with Gasteiger partial charge in [0.2, 0.25) is 5.91 Å². The molecule has 3 heterocycles. The number of hydrogen-bond acceptors (Lipinski definition) is 7. The lowest BCUT2D eigenvalue weighted by molar-refractivity contribution is -0.114. The number of thiophene rings is 1. The van der Waals surface area contributed by atoms with Crippen molar-refractivity contribution in [2.75, 3.05) is 5.32 Å². The van der Waals surface area contributed by atoms with Crippen LogP contribution < -0.4 is 10.9 Å². The Morgan fingerprint density at radius 1 is 1.41 bits per heavy atom. The van der Waals surface area contributed by atoms with Gasteiger partial charge < -0.3 is 10.3 Å². The summed E-state index contributed by atoms with van der Waals surface area (Å²) in [6.45, 7) is 7.90. The molecule has 0 aromatic carbocycles. The third-order valence-electron chi connectivity index (χ3n) is 4.28. The summed E-state index contributed by atoms with van der Waals surface area (Å²) in [7, 11) is 0. The molecule has 3 rings (SSSR count). The van der Waals surface area contributed by atoms with E-state index in [1.807, 2.05) is 5.38 Å². The van der Waals surface area contributed by atoms with Gasteiger partial charge in [-0.05, 0) is 24.8 Å². The van der Waals surface area contributed by atoms with Crippen LogP contribution in [0.3, 0.4) is 0 Å². The molecule has 0 fully saturated rings. The van der Waals surface area contributed by atoms with Gasteiger partial charge in [-0.25, -0.2) is 9.97 Å². The Balaban J connectivity index is 1.79. The highest BCUT2D eigenvalue weighted by Crippen LogP contribution is 2.31. The van der Waals surface area contributed by atoms with Crippen molar-refractivity contribution in [2.24, 2.45) is 5.92 Å². The summed E-state index contributed by atoms with van der Waals surface area (Å²) >= 11 is 4.41. The van der Waals surface area contributed by atoms with Gasteiger partial charge in [-0.2, -0.15) is 0 Å². The highest BCUT2D eigenvalue weighted by atomic mass is 32.2. The first-order valence-corrected chi connectivity index (χ1v) is 11.4. The molecule has 1 amide bonds. The predicted molar refractivity (Wildman–Crippen MR) is 114 cm³/mol. The van der Waals surface area contributed by atoms with E-state index in [-0.39, 0.29) is 11.5 Å². The molecule has 1 atom stereocenters. The monoisotopic (exact) mass is 422 g/mol. The summed E-state index contributed by atoms with van der Waals surface area (Å²) in [6, 6.07) is 0. The van der Waals surface area contributed by atoms with Crippen LogP contribution in [0, 0.1) is 12.8 Å².